The summed E-state index contributed by atoms with van der Waals surface area (Å²) in [5, 5.41) is 16.2. The van der Waals surface area contributed by atoms with Crippen molar-refractivity contribution in [3.8, 4) is 11.8 Å². The normalized spacial score (nSPS) is 15.6. The molecule has 0 aliphatic carbocycles. The van der Waals surface area contributed by atoms with E-state index in [-0.39, 0.29) is 28.8 Å². The monoisotopic (exact) mass is 567 g/mol. The lowest BCUT2D eigenvalue weighted by Crippen LogP contribution is -2.46. The lowest BCUT2D eigenvalue weighted by atomic mass is 10.2. The number of morpholine rings is 1. The van der Waals surface area contributed by atoms with Gasteiger partial charge < -0.3 is 15.4 Å². The Hall–Kier alpha value is -5.05. The molecule has 1 fully saturated rings. The van der Waals surface area contributed by atoms with Crippen LogP contribution in [0.5, 0.6) is 0 Å². The number of urea groups is 1. The summed E-state index contributed by atoms with van der Waals surface area (Å²) in [4.78, 5) is 33.0. The van der Waals surface area contributed by atoms with Crippen molar-refractivity contribution in [3.63, 3.8) is 0 Å². The Kier molecular flexibility index (Phi) is 8.87. The molecule has 1 aliphatic heterocycles. The van der Waals surface area contributed by atoms with Gasteiger partial charge in [-0.05, 0) is 42.0 Å². The van der Waals surface area contributed by atoms with E-state index in [0.717, 1.165) is 12.1 Å². The first-order chi connectivity index (χ1) is 20.4. The predicted octanol–water partition coefficient (Wildman–Crippen LogP) is 3.63. The molecule has 0 radical (unpaired) electrons. The van der Waals surface area contributed by atoms with Gasteiger partial charge in [0.2, 0.25) is 0 Å². The second kappa shape index (κ2) is 13.1. The third-order valence-electron chi connectivity index (χ3n) is 6.88. The van der Waals surface area contributed by atoms with Gasteiger partial charge in [-0.3, -0.25) is 9.47 Å². The Morgan fingerprint density at radius 3 is 2.45 bits per heavy atom. The molecule has 0 spiro atoms. The molecule has 10 nitrogen and oxygen atoms in total. The maximum Gasteiger partial charge on any atom is 0.347 e. The summed E-state index contributed by atoms with van der Waals surface area (Å²) in [6, 6.07) is 25.3. The van der Waals surface area contributed by atoms with Crippen molar-refractivity contribution in [1.29, 1.82) is 5.26 Å². The van der Waals surface area contributed by atoms with Crippen LogP contribution in [0.4, 0.5) is 20.7 Å². The second-order valence-electron chi connectivity index (χ2n) is 9.81. The summed E-state index contributed by atoms with van der Waals surface area (Å²) in [5.41, 5.74) is 1.43. The summed E-state index contributed by atoms with van der Waals surface area (Å²) in [5.74, 6) is -0.0537. The standard InChI is InChI=1S/C31H30FN7O3/c1-37-28(34-19-26-21-38(16-17-42-26)20-22-12-14-23(32)15-13-22)27(18-33)29(36-30(40)35-24-8-4-2-5-9-24)39(31(37)41)25-10-6-3-7-11-25/h2-15,26,34H,16-17,19-21H2,1H3,(H,35,40)/b36-29-. The number of aromatic nitrogens is 2. The molecule has 1 aromatic heterocycles. The van der Waals surface area contributed by atoms with E-state index in [1.54, 1.807) is 73.8 Å². The number of nitrogens with one attached hydrogen (secondary N) is 2. The highest BCUT2D eigenvalue weighted by Gasteiger charge is 2.23. The van der Waals surface area contributed by atoms with Crippen molar-refractivity contribution >= 4 is 17.5 Å². The molecule has 0 bridgehead atoms. The topological polar surface area (TPSA) is 117 Å². The predicted molar refractivity (Wildman–Crippen MR) is 157 cm³/mol. The fourth-order valence-corrected chi connectivity index (χ4v) is 4.82. The number of carbonyl (C=O) groups excluding carboxylic acids is 1. The molecule has 4 aromatic rings. The van der Waals surface area contributed by atoms with Gasteiger partial charge in [-0.1, -0.05) is 48.5 Å². The number of benzene rings is 3. The number of para-hydroxylation sites is 2. The molecule has 214 valence electrons. The van der Waals surface area contributed by atoms with Crippen LogP contribution in [0.2, 0.25) is 0 Å². The SMILES string of the molecule is Cn1c(NCC2CN(Cc3ccc(F)cc3)CCO2)c(C#N)/c(=N/C(=O)Nc2ccccc2)n(-c2ccccc2)c1=O. The highest BCUT2D eigenvalue weighted by Crippen LogP contribution is 2.15. The highest BCUT2D eigenvalue weighted by molar-refractivity contribution is 5.90. The van der Waals surface area contributed by atoms with Gasteiger partial charge in [0.1, 0.15) is 23.3 Å². The molecule has 5 rings (SSSR count). The summed E-state index contributed by atoms with van der Waals surface area (Å²) in [7, 11) is 1.56. The Balaban J connectivity index is 1.45. The number of anilines is 2. The van der Waals surface area contributed by atoms with Crippen molar-refractivity contribution in [2.24, 2.45) is 12.0 Å². The van der Waals surface area contributed by atoms with E-state index in [1.807, 2.05) is 6.07 Å². The molecular weight excluding hydrogens is 537 g/mol. The van der Waals surface area contributed by atoms with Crippen molar-refractivity contribution in [2.45, 2.75) is 12.6 Å². The van der Waals surface area contributed by atoms with Crippen LogP contribution in [0.25, 0.3) is 5.69 Å². The number of hydrogen-bond donors (Lipinski definition) is 2. The van der Waals surface area contributed by atoms with Crippen LogP contribution in [0, 0.1) is 17.1 Å². The van der Waals surface area contributed by atoms with E-state index >= 15 is 0 Å². The third kappa shape index (κ3) is 6.63. The first-order valence-electron chi connectivity index (χ1n) is 13.5. The van der Waals surface area contributed by atoms with Gasteiger partial charge in [-0.25, -0.2) is 18.5 Å². The smallest absolute Gasteiger partial charge is 0.347 e. The number of halogens is 1. The molecule has 2 amide bonds. The zero-order chi connectivity index (χ0) is 29.5. The number of rotatable bonds is 7. The van der Waals surface area contributed by atoms with Crippen LogP contribution in [-0.4, -0.2) is 52.4 Å². The van der Waals surface area contributed by atoms with E-state index in [1.165, 1.54) is 21.3 Å². The zero-order valence-corrected chi connectivity index (χ0v) is 23.0. The summed E-state index contributed by atoms with van der Waals surface area (Å²) < 4.78 is 21.8. The molecule has 11 heteroatoms. The molecule has 3 aromatic carbocycles. The average Bonchev–Trinajstić information content (AvgIpc) is 3.00. The van der Waals surface area contributed by atoms with Gasteiger partial charge in [0, 0.05) is 38.9 Å². The Morgan fingerprint density at radius 2 is 1.76 bits per heavy atom. The molecule has 1 aliphatic rings. The number of nitrogens with zero attached hydrogens (tertiary/aromatic N) is 5. The Labute approximate surface area is 241 Å². The molecule has 42 heavy (non-hydrogen) atoms. The van der Waals surface area contributed by atoms with Gasteiger partial charge in [-0.15, -0.1) is 0 Å². The molecule has 2 heterocycles. The van der Waals surface area contributed by atoms with Gasteiger partial charge in [0.05, 0.1) is 18.4 Å². The van der Waals surface area contributed by atoms with Crippen LogP contribution in [0.3, 0.4) is 0 Å². The number of ether oxygens (including phenoxy) is 1. The van der Waals surface area contributed by atoms with Gasteiger partial charge in [0.25, 0.3) is 0 Å². The number of amides is 2. The van der Waals surface area contributed by atoms with Gasteiger partial charge in [0.15, 0.2) is 5.49 Å². The summed E-state index contributed by atoms with van der Waals surface area (Å²) in [6.07, 6.45) is -0.246. The molecule has 0 saturated carbocycles. The number of nitriles is 1. The fourth-order valence-electron chi connectivity index (χ4n) is 4.82. The minimum absolute atomic E-state index is 0.0307. The van der Waals surface area contributed by atoms with Crippen LogP contribution < -0.4 is 21.8 Å². The first kappa shape index (κ1) is 28.5. The van der Waals surface area contributed by atoms with E-state index in [4.69, 9.17) is 4.74 Å². The van der Waals surface area contributed by atoms with Crippen molar-refractivity contribution < 1.29 is 13.9 Å². The Morgan fingerprint density at radius 1 is 1.07 bits per heavy atom. The number of hydrogen-bond acceptors (Lipinski definition) is 6. The molecule has 2 N–H and O–H groups in total. The molecule has 1 saturated heterocycles. The largest absolute Gasteiger partial charge is 0.374 e. The van der Waals surface area contributed by atoms with Gasteiger partial charge in [-0.2, -0.15) is 10.3 Å². The van der Waals surface area contributed by atoms with Crippen LogP contribution in [0.1, 0.15) is 11.1 Å². The maximum absolute atomic E-state index is 13.7. The van der Waals surface area contributed by atoms with Crippen LogP contribution in [0.15, 0.2) is 94.7 Å². The maximum atomic E-state index is 13.7. The van der Waals surface area contributed by atoms with E-state index in [2.05, 4.69) is 26.6 Å². The van der Waals surface area contributed by atoms with Crippen LogP contribution in [-0.2, 0) is 18.3 Å². The lowest BCUT2D eigenvalue weighted by molar-refractivity contribution is -0.0241. The quantitative estimate of drug-likeness (QED) is 0.352. The van der Waals surface area contributed by atoms with Crippen molar-refractivity contribution in [3.05, 3.63) is 118 Å². The van der Waals surface area contributed by atoms with E-state index in [0.29, 0.717) is 37.6 Å². The molecule has 1 unspecified atom stereocenters. The number of carbonyl (C=O) groups is 1. The van der Waals surface area contributed by atoms with Crippen LogP contribution >= 0.6 is 0 Å². The molecular formula is C31H30FN7O3. The second-order valence-corrected chi connectivity index (χ2v) is 9.81. The zero-order valence-electron chi connectivity index (χ0n) is 23.0. The average molecular weight is 568 g/mol. The first-order valence-corrected chi connectivity index (χ1v) is 13.5. The van der Waals surface area contributed by atoms with Gasteiger partial charge >= 0.3 is 11.7 Å². The summed E-state index contributed by atoms with van der Waals surface area (Å²) >= 11 is 0. The highest BCUT2D eigenvalue weighted by atomic mass is 19.1. The van der Waals surface area contributed by atoms with E-state index in [9.17, 15) is 19.2 Å². The lowest BCUT2D eigenvalue weighted by Gasteiger charge is -2.33. The molecule has 1 atom stereocenters. The Bertz CT molecular complexity index is 1710. The minimum atomic E-state index is -0.728. The minimum Gasteiger partial charge on any atom is -0.374 e. The summed E-state index contributed by atoms with van der Waals surface area (Å²) in [6.45, 7) is 2.75. The van der Waals surface area contributed by atoms with Crippen molar-refractivity contribution in [1.82, 2.24) is 14.0 Å². The third-order valence-corrected chi connectivity index (χ3v) is 6.88. The fraction of sp³-hybridized carbons (Fsp3) is 0.226. The van der Waals surface area contributed by atoms with Crippen molar-refractivity contribution in [2.75, 3.05) is 36.9 Å². The van der Waals surface area contributed by atoms with E-state index < -0.39 is 11.7 Å².